The van der Waals surface area contributed by atoms with Gasteiger partial charge in [-0.05, 0) is 33.1 Å². The van der Waals surface area contributed by atoms with E-state index in [1.165, 1.54) is 44.1 Å². The maximum absolute atomic E-state index is 6.87. The molecule has 194 valence electrons. The molecule has 6 unspecified atom stereocenters. The first-order valence-electron chi connectivity index (χ1n) is 14.1. The summed E-state index contributed by atoms with van der Waals surface area (Å²) in [5.41, 5.74) is 1.01. The minimum absolute atomic E-state index is 0.116. The number of hydroxylamine groups is 2. The van der Waals surface area contributed by atoms with Gasteiger partial charge in [-0.1, -0.05) is 102 Å². The molecular weight excluding hydrogens is 422 g/mol. The van der Waals surface area contributed by atoms with Gasteiger partial charge in [0.05, 0.1) is 23.8 Å². The Morgan fingerprint density at radius 3 is 2.32 bits per heavy atom. The molecule has 3 rings (SSSR count). The van der Waals surface area contributed by atoms with Crippen LogP contribution in [0.2, 0.25) is 0 Å². The van der Waals surface area contributed by atoms with Crippen molar-refractivity contribution in [2.75, 3.05) is 6.61 Å². The lowest BCUT2D eigenvalue weighted by Gasteiger charge is -2.59. The largest absolute Gasteiger partial charge is 0.347 e. The van der Waals surface area contributed by atoms with Crippen molar-refractivity contribution in [3.05, 3.63) is 35.9 Å². The summed E-state index contributed by atoms with van der Waals surface area (Å²) < 4.78 is 13.5. The minimum atomic E-state index is -0.510. The van der Waals surface area contributed by atoms with Crippen LogP contribution in [-0.4, -0.2) is 39.5 Å². The quantitative estimate of drug-likeness (QED) is 0.230. The third kappa shape index (κ3) is 5.72. The van der Waals surface area contributed by atoms with Gasteiger partial charge in [-0.2, -0.15) is 0 Å². The van der Waals surface area contributed by atoms with Gasteiger partial charge in [0.2, 0.25) is 0 Å². The van der Waals surface area contributed by atoms with Gasteiger partial charge in [0.1, 0.15) is 0 Å². The third-order valence-corrected chi connectivity index (χ3v) is 9.02. The van der Waals surface area contributed by atoms with Crippen molar-refractivity contribution in [2.45, 2.75) is 142 Å². The molecule has 1 N–H and O–H groups in total. The molecule has 34 heavy (non-hydrogen) atoms. The lowest BCUT2D eigenvalue weighted by atomic mass is 9.67. The Morgan fingerprint density at radius 1 is 1.00 bits per heavy atom. The van der Waals surface area contributed by atoms with Gasteiger partial charge in [-0.25, -0.2) is 0 Å². The SMILES string of the molecule is CCCCCCCCC1COC2(CC(C)(CC)N([OH+]C(C)c3ccccc3)C(C)(CC)C2C)O1. The molecule has 0 saturated carbocycles. The highest BCUT2D eigenvalue weighted by Gasteiger charge is 2.66. The summed E-state index contributed by atoms with van der Waals surface area (Å²) in [5.74, 6) is -0.282. The number of nitrogens with zero attached hydrogens (tertiary/aromatic N) is 1. The predicted octanol–water partition coefficient (Wildman–Crippen LogP) is 7.73. The maximum Gasteiger partial charge on any atom is 0.200 e. The Hall–Kier alpha value is -0.940. The number of hydrogen-bond acceptors (Lipinski definition) is 3. The molecule has 2 aliphatic rings. The topological polar surface area (TPSA) is 34.5 Å². The van der Waals surface area contributed by atoms with Crippen molar-refractivity contribution in [1.82, 2.24) is 5.06 Å². The highest BCUT2D eigenvalue weighted by atomic mass is 16.8. The van der Waals surface area contributed by atoms with Crippen LogP contribution < -0.4 is 0 Å². The smallest absolute Gasteiger partial charge is 0.200 e. The van der Waals surface area contributed by atoms with Crippen LogP contribution in [0, 0.1) is 5.92 Å². The summed E-state index contributed by atoms with van der Waals surface area (Å²) in [5, 5.41) is 2.46. The van der Waals surface area contributed by atoms with E-state index in [1.807, 2.05) is 0 Å². The summed E-state index contributed by atoms with van der Waals surface area (Å²) in [7, 11) is 0. The minimum Gasteiger partial charge on any atom is -0.347 e. The Balaban J connectivity index is 1.73. The van der Waals surface area contributed by atoms with Crippen molar-refractivity contribution in [1.29, 1.82) is 0 Å². The molecular formula is C30H52NO3+. The van der Waals surface area contributed by atoms with Gasteiger partial charge >= 0.3 is 0 Å². The van der Waals surface area contributed by atoms with Crippen molar-refractivity contribution >= 4 is 0 Å². The van der Waals surface area contributed by atoms with E-state index >= 15 is 0 Å². The molecule has 2 saturated heterocycles. The Labute approximate surface area is 209 Å². The molecule has 0 radical (unpaired) electrons. The molecule has 1 aromatic carbocycles. The van der Waals surface area contributed by atoms with E-state index in [1.54, 1.807) is 0 Å². The number of benzene rings is 1. The molecule has 0 amide bonds. The fourth-order valence-electron chi connectivity index (χ4n) is 6.20. The zero-order valence-corrected chi connectivity index (χ0v) is 23.1. The standard InChI is InChI=1S/C30H51NO3/c1-8-11-12-13-14-18-21-27-22-32-30(33-27)23-28(6,9-2)31(29(7,10-3)25(30)5)34-24(4)26-19-16-15-17-20-26/h15-17,19-20,24-25,27H,8-14,18,21-23H2,1-7H3/p+1. The van der Waals surface area contributed by atoms with Crippen LogP contribution >= 0.6 is 0 Å². The molecule has 0 aliphatic carbocycles. The van der Waals surface area contributed by atoms with Crippen molar-refractivity contribution < 1.29 is 14.3 Å². The van der Waals surface area contributed by atoms with E-state index in [9.17, 15) is 0 Å². The van der Waals surface area contributed by atoms with Crippen LogP contribution in [0.4, 0.5) is 0 Å². The van der Waals surface area contributed by atoms with E-state index in [4.69, 9.17) is 14.3 Å². The summed E-state index contributed by atoms with van der Waals surface area (Å²) in [6, 6.07) is 10.7. The van der Waals surface area contributed by atoms with Crippen LogP contribution in [0.15, 0.2) is 30.3 Å². The first-order valence-corrected chi connectivity index (χ1v) is 14.1. The molecule has 1 aromatic rings. The fraction of sp³-hybridized carbons (Fsp3) is 0.800. The highest BCUT2D eigenvalue weighted by Crippen LogP contribution is 2.54. The lowest BCUT2D eigenvalue weighted by Crippen LogP contribution is -2.72. The Bertz CT molecular complexity index is 742. The highest BCUT2D eigenvalue weighted by molar-refractivity contribution is 5.17. The van der Waals surface area contributed by atoms with Crippen LogP contribution in [0.3, 0.4) is 0 Å². The number of unbranched alkanes of at least 4 members (excludes halogenated alkanes) is 5. The second kappa shape index (κ2) is 11.9. The number of hydrogen-bond donors (Lipinski definition) is 0. The van der Waals surface area contributed by atoms with Crippen LogP contribution in [-0.2, 0) is 9.47 Å². The van der Waals surface area contributed by atoms with Gasteiger partial charge in [0, 0.05) is 24.8 Å². The van der Waals surface area contributed by atoms with E-state index in [0.29, 0.717) is 0 Å². The van der Waals surface area contributed by atoms with Crippen molar-refractivity contribution in [3.8, 4) is 0 Å². The molecule has 4 heteroatoms. The monoisotopic (exact) mass is 474 g/mol. The first-order chi connectivity index (χ1) is 16.2. The number of ether oxygens (including phenoxy) is 2. The van der Waals surface area contributed by atoms with Gasteiger partial charge < -0.3 is 14.3 Å². The van der Waals surface area contributed by atoms with E-state index in [2.05, 4.69) is 83.9 Å². The Morgan fingerprint density at radius 2 is 1.68 bits per heavy atom. The second-order valence-corrected chi connectivity index (χ2v) is 11.4. The summed E-state index contributed by atoms with van der Waals surface area (Å²) >= 11 is 0. The van der Waals surface area contributed by atoms with Gasteiger partial charge in [-0.3, -0.25) is 0 Å². The van der Waals surface area contributed by atoms with Gasteiger partial charge in [0.15, 0.2) is 11.9 Å². The van der Waals surface area contributed by atoms with E-state index < -0.39 is 5.79 Å². The molecule has 0 bridgehead atoms. The molecule has 2 aliphatic heterocycles. The van der Waals surface area contributed by atoms with Gasteiger partial charge in [-0.15, -0.1) is 0 Å². The number of rotatable bonds is 12. The van der Waals surface area contributed by atoms with Crippen LogP contribution in [0.5, 0.6) is 0 Å². The lowest BCUT2D eigenvalue weighted by molar-refractivity contribution is -0.446. The van der Waals surface area contributed by atoms with Crippen molar-refractivity contribution in [3.63, 3.8) is 0 Å². The molecule has 1 spiro atoms. The third-order valence-electron chi connectivity index (χ3n) is 9.02. The van der Waals surface area contributed by atoms with E-state index in [0.717, 1.165) is 32.3 Å². The Kier molecular flexibility index (Phi) is 9.65. The normalized spacial score (nSPS) is 35.1. The summed E-state index contributed by atoms with van der Waals surface area (Å²) in [6.45, 7) is 16.9. The summed E-state index contributed by atoms with van der Waals surface area (Å²) in [4.78, 5) is 5.39. The first kappa shape index (κ1) is 27.6. The zero-order chi connectivity index (χ0) is 24.8. The molecule has 2 fully saturated rings. The molecule has 0 aromatic heterocycles. The zero-order valence-electron chi connectivity index (χ0n) is 23.1. The molecule has 2 heterocycles. The van der Waals surface area contributed by atoms with Gasteiger partial charge in [0.25, 0.3) is 0 Å². The predicted molar refractivity (Wildman–Crippen MR) is 142 cm³/mol. The van der Waals surface area contributed by atoms with Crippen molar-refractivity contribution in [2.24, 2.45) is 5.92 Å². The van der Waals surface area contributed by atoms with E-state index in [-0.39, 0.29) is 29.2 Å². The second-order valence-electron chi connectivity index (χ2n) is 11.4. The average molecular weight is 475 g/mol. The number of aliphatic hydroxyl groups is 1. The van der Waals surface area contributed by atoms with Crippen LogP contribution in [0.25, 0.3) is 0 Å². The molecule has 6 atom stereocenters. The van der Waals surface area contributed by atoms with Crippen LogP contribution in [0.1, 0.15) is 124 Å². The fourth-order valence-corrected chi connectivity index (χ4v) is 6.20. The maximum atomic E-state index is 6.87. The average Bonchev–Trinajstić information content (AvgIpc) is 3.26. The summed E-state index contributed by atoms with van der Waals surface area (Å²) in [6.07, 6.45) is 12.3. The molecule has 4 nitrogen and oxygen atoms in total. The number of piperidine rings is 1.